The van der Waals surface area contributed by atoms with Crippen molar-refractivity contribution in [3.05, 3.63) is 78.3 Å². The van der Waals surface area contributed by atoms with Crippen LogP contribution >= 0.6 is 11.8 Å². The fraction of sp³-hybridized carbons (Fsp3) is 0.500. The fourth-order valence-electron chi connectivity index (χ4n) is 3.53. The molecule has 5 heteroatoms. The molecule has 4 nitrogen and oxygen atoms in total. The number of thioether (sulfide) groups is 1. The van der Waals surface area contributed by atoms with Gasteiger partial charge in [0.2, 0.25) is 0 Å². The Labute approximate surface area is 218 Å². The molecule has 1 fully saturated rings. The lowest BCUT2D eigenvalue weighted by Crippen LogP contribution is -2.34. The maximum absolute atomic E-state index is 10.2. The van der Waals surface area contributed by atoms with Gasteiger partial charge in [0, 0.05) is 24.5 Å². The Morgan fingerprint density at radius 2 is 1.89 bits per heavy atom. The van der Waals surface area contributed by atoms with Gasteiger partial charge in [-0.15, -0.1) is 13.2 Å². The summed E-state index contributed by atoms with van der Waals surface area (Å²) in [4.78, 5) is 14.0. The number of likely N-dealkylation sites (tertiary alicyclic amines) is 1. The Hall–Kier alpha value is -1.92. The third kappa shape index (κ3) is 15.6. The second kappa shape index (κ2) is 23.8. The molecule has 35 heavy (non-hydrogen) atoms. The Morgan fingerprint density at radius 1 is 1.17 bits per heavy atom. The van der Waals surface area contributed by atoms with Crippen LogP contribution < -0.4 is 0 Å². The van der Waals surface area contributed by atoms with Crippen molar-refractivity contribution in [2.45, 2.75) is 64.8 Å². The lowest BCUT2D eigenvalue weighted by molar-refractivity contribution is -0.108. The van der Waals surface area contributed by atoms with Crippen molar-refractivity contribution in [3.8, 4) is 0 Å². The van der Waals surface area contributed by atoms with Gasteiger partial charge in [-0.3, -0.25) is 4.90 Å². The predicted molar refractivity (Wildman–Crippen MR) is 155 cm³/mol. The van der Waals surface area contributed by atoms with E-state index in [1.54, 1.807) is 6.08 Å². The summed E-state index contributed by atoms with van der Waals surface area (Å²) in [5.74, 6) is 0. The summed E-state index contributed by atoms with van der Waals surface area (Å²) >= 11 is 1.81. The molecule has 0 aromatic heterocycles. The van der Waals surface area contributed by atoms with E-state index in [0.29, 0.717) is 19.1 Å². The molecule has 3 rings (SSSR count). The number of aliphatic hydroxyl groups excluding tert-OH is 1. The van der Waals surface area contributed by atoms with Crippen LogP contribution in [0.1, 0.15) is 63.5 Å². The van der Waals surface area contributed by atoms with Crippen molar-refractivity contribution >= 4 is 23.0 Å². The van der Waals surface area contributed by atoms with Gasteiger partial charge in [0.05, 0.1) is 13.2 Å². The van der Waals surface area contributed by atoms with Crippen molar-refractivity contribution in [2.75, 3.05) is 33.4 Å². The number of aryl methyl sites for hydroxylation is 1. The van der Waals surface area contributed by atoms with Crippen LogP contribution in [0.25, 0.3) is 4.91 Å². The van der Waals surface area contributed by atoms with Crippen LogP contribution in [0.4, 0.5) is 0 Å². The van der Waals surface area contributed by atoms with Gasteiger partial charge in [-0.2, -0.15) is 0 Å². The number of carbonyl (C=O) groups is 1. The third-order valence-corrected chi connectivity index (χ3v) is 6.46. The van der Waals surface area contributed by atoms with Gasteiger partial charge < -0.3 is 14.6 Å². The first-order valence-electron chi connectivity index (χ1n) is 12.7. The molecule has 0 saturated carbocycles. The van der Waals surface area contributed by atoms with Gasteiger partial charge in [0.1, 0.15) is 6.29 Å². The highest BCUT2D eigenvalue weighted by atomic mass is 32.2. The number of rotatable bonds is 11. The van der Waals surface area contributed by atoms with Gasteiger partial charge >= 0.3 is 0 Å². The monoisotopic (exact) mass is 501 g/mol. The van der Waals surface area contributed by atoms with E-state index in [1.807, 2.05) is 17.8 Å². The molecule has 1 N–H and O–H groups in total. The molecule has 0 unspecified atom stereocenters. The third-order valence-electron chi connectivity index (χ3n) is 5.48. The zero-order valence-corrected chi connectivity index (χ0v) is 23.0. The van der Waals surface area contributed by atoms with Crippen molar-refractivity contribution in [1.29, 1.82) is 0 Å². The molecule has 1 aromatic rings. The van der Waals surface area contributed by atoms with E-state index in [0.717, 1.165) is 58.8 Å². The minimum absolute atomic E-state index is 0.552. The van der Waals surface area contributed by atoms with E-state index in [1.165, 1.54) is 28.9 Å². The van der Waals surface area contributed by atoms with Crippen LogP contribution in [0.15, 0.2) is 67.1 Å². The molecule has 0 bridgehead atoms. The van der Waals surface area contributed by atoms with Gasteiger partial charge in [-0.25, -0.2) is 0 Å². The Morgan fingerprint density at radius 3 is 2.43 bits per heavy atom. The summed E-state index contributed by atoms with van der Waals surface area (Å²) in [5.41, 5.74) is 2.75. The minimum Gasteiger partial charge on any atom is -0.400 e. The van der Waals surface area contributed by atoms with Gasteiger partial charge in [-0.05, 0) is 68.1 Å². The van der Waals surface area contributed by atoms with Gasteiger partial charge in [-0.1, -0.05) is 74.2 Å². The van der Waals surface area contributed by atoms with E-state index in [-0.39, 0.29) is 0 Å². The maximum atomic E-state index is 10.2. The highest BCUT2D eigenvalue weighted by Gasteiger charge is 2.23. The topological polar surface area (TPSA) is 49.8 Å². The highest BCUT2D eigenvalue weighted by molar-refractivity contribution is 8.11. The molecule has 0 aliphatic carbocycles. The number of nitrogens with zero attached hydrogens (tertiary/aromatic N) is 1. The average Bonchev–Trinajstić information content (AvgIpc) is 3.38. The van der Waals surface area contributed by atoms with Crippen molar-refractivity contribution < 1.29 is 14.6 Å². The normalized spacial score (nSPS) is 16.3. The summed E-state index contributed by atoms with van der Waals surface area (Å²) in [6.45, 7) is 15.0. The van der Waals surface area contributed by atoms with E-state index >= 15 is 0 Å². The summed E-state index contributed by atoms with van der Waals surface area (Å²) in [5, 5.41) is 9.17. The number of carbonyl (C=O) groups excluding carboxylic acids is 1. The summed E-state index contributed by atoms with van der Waals surface area (Å²) < 4.78 is 5.47. The highest BCUT2D eigenvalue weighted by Crippen LogP contribution is 2.31. The first kappa shape index (κ1) is 33.1. The number of allylic oxidation sites excluding steroid dienone is 3. The second-order valence-electron chi connectivity index (χ2n) is 8.01. The number of ether oxygens (including phenoxy) is 1. The van der Waals surface area contributed by atoms with Gasteiger partial charge in [0.25, 0.3) is 0 Å². The standard InChI is InChI=1S/C13H14S.C12H21NO2.C4H8.CH4O/c1-2-11-6-8-12(9-7-11)13-5-3-4-10-14-13;1-2-10-15-11-12-6-5-8-13(12)7-3-4-9-14;1-3-4-2;1-2/h4-10H,2-3H2,1H3;2,9,12H,1,3-8,10-11H2;3H,1,4H2,2H3;2H,1H3/t;12-;;/m.1../s1. The summed E-state index contributed by atoms with van der Waals surface area (Å²) in [6.07, 6.45) is 16.5. The fourth-order valence-corrected chi connectivity index (χ4v) is 4.35. The van der Waals surface area contributed by atoms with Crippen LogP contribution in [0.2, 0.25) is 0 Å². The molecule has 1 atom stereocenters. The van der Waals surface area contributed by atoms with E-state index in [4.69, 9.17) is 9.84 Å². The van der Waals surface area contributed by atoms with Crippen LogP contribution in [0.5, 0.6) is 0 Å². The maximum Gasteiger partial charge on any atom is 0.120 e. The van der Waals surface area contributed by atoms with Gasteiger partial charge in [0.15, 0.2) is 0 Å². The lowest BCUT2D eigenvalue weighted by Gasteiger charge is -2.23. The first-order valence-corrected chi connectivity index (χ1v) is 13.6. The second-order valence-corrected chi connectivity index (χ2v) is 8.96. The van der Waals surface area contributed by atoms with Crippen LogP contribution in [-0.4, -0.2) is 55.7 Å². The molecule has 0 radical (unpaired) electrons. The van der Waals surface area contributed by atoms with Crippen LogP contribution in [0, 0.1) is 0 Å². The van der Waals surface area contributed by atoms with Crippen LogP contribution in [0.3, 0.4) is 0 Å². The molecule has 2 aliphatic heterocycles. The Bertz CT molecular complexity index is 708. The first-order chi connectivity index (χ1) is 17.2. The van der Waals surface area contributed by atoms with E-state index in [2.05, 4.69) is 73.7 Å². The average molecular weight is 502 g/mol. The predicted octanol–water partition coefficient (Wildman–Crippen LogP) is 7.06. The number of unbranched alkanes of at least 4 members (excludes halogenated alkanes) is 1. The molecule has 0 amide bonds. The number of hydrogen-bond donors (Lipinski definition) is 1. The van der Waals surface area contributed by atoms with Crippen molar-refractivity contribution in [3.63, 3.8) is 0 Å². The smallest absolute Gasteiger partial charge is 0.120 e. The zero-order chi connectivity index (χ0) is 26.2. The van der Waals surface area contributed by atoms with Crippen molar-refractivity contribution in [1.82, 2.24) is 4.90 Å². The number of benzene rings is 1. The summed E-state index contributed by atoms with van der Waals surface area (Å²) in [7, 11) is 1.00. The van der Waals surface area contributed by atoms with E-state index in [9.17, 15) is 4.79 Å². The SMILES string of the molecule is C=CCC.C=CCOC[C@H]1CCCN1CCCC=O.CCc1ccc(C2=CCC=CS2)cc1.CO. The number of aldehydes is 1. The quantitative estimate of drug-likeness (QED) is 0.200. The van der Waals surface area contributed by atoms with Crippen LogP contribution in [-0.2, 0) is 16.0 Å². The molecule has 2 heterocycles. The largest absolute Gasteiger partial charge is 0.400 e. The lowest BCUT2D eigenvalue weighted by atomic mass is 10.1. The minimum atomic E-state index is 0.552. The summed E-state index contributed by atoms with van der Waals surface area (Å²) in [6, 6.07) is 9.43. The molecular formula is C30H47NO3S. The molecule has 2 aliphatic rings. The molecule has 196 valence electrons. The van der Waals surface area contributed by atoms with E-state index < -0.39 is 0 Å². The Balaban J connectivity index is 0.000000541. The van der Waals surface area contributed by atoms with Crippen molar-refractivity contribution in [2.24, 2.45) is 0 Å². The number of aliphatic hydroxyl groups is 1. The molecular weight excluding hydrogens is 454 g/mol. The number of hydrogen-bond acceptors (Lipinski definition) is 5. The molecule has 1 saturated heterocycles. The molecule has 0 spiro atoms. The Kier molecular flexibility index (Phi) is 22.5. The molecule has 1 aromatic carbocycles. The zero-order valence-electron chi connectivity index (χ0n) is 22.2.